The van der Waals surface area contributed by atoms with E-state index < -0.39 is 72.1 Å². The smallest absolute Gasteiger partial charge is 0.312 e. The standard InChI is InChI=1S/C47H83N11O16/c1-33(2)42(46(67)55-36(43(64)34(3)4)10-8-15-51-47(48)68)56-45(66)38(11-12-41(62)63)54-40(61)14-22-70-26-30-74-31-27-71-23-17-49-39(60)13-21-69-25-29-73-32-28-72-24-18-50-44(65)37(53-35(5)59)9-6-7-19-58-20-16-52-57-58/h16,20,33-34,36-38,42H,6-15,17-19,21-32H2,1-5H3,(H,49,60)(H,50,65)(H,53,59)(H,54,61)(H,55,67)(H,56,66)(H,62,63)(H3,48,51,68). The Morgan fingerprint density at radius 1 is 0.554 bits per heavy atom. The summed E-state index contributed by atoms with van der Waals surface area (Å²) in [7, 11) is 0. The number of aliphatic carboxylic acids is 1. The average molecular weight is 1060 g/mol. The second-order valence-corrected chi connectivity index (χ2v) is 17.6. The molecule has 0 aliphatic rings. The lowest BCUT2D eigenvalue weighted by Gasteiger charge is -2.27. The Bertz CT molecular complexity index is 1790. The summed E-state index contributed by atoms with van der Waals surface area (Å²) in [5, 5.41) is 35.4. The second-order valence-electron chi connectivity index (χ2n) is 17.6. The third-order valence-electron chi connectivity index (χ3n) is 10.6. The van der Waals surface area contributed by atoms with Crippen molar-refractivity contribution in [1.82, 2.24) is 52.2 Å². The van der Waals surface area contributed by atoms with Crippen molar-refractivity contribution in [3.63, 3.8) is 0 Å². The molecule has 422 valence electrons. The summed E-state index contributed by atoms with van der Waals surface area (Å²) in [5.74, 6) is -5.03. The molecule has 0 aliphatic heterocycles. The summed E-state index contributed by atoms with van der Waals surface area (Å²) >= 11 is 0. The topological polar surface area (TPSA) is 370 Å². The molecule has 0 fully saturated rings. The van der Waals surface area contributed by atoms with Crippen LogP contribution < -0.4 is 43.0 Å². The van der Waals surface area contributed by atoms with Gasteiger partial charge in [-0.15, -0.1) is 5.10 Å². The van der Waals surface area contributed by atoms with Gasteiger partial charge in [-0.1, -0.05) is 32.9 Å². The van der Waals surface area contributed by atoms with E-state index in [1.165, 1.54) is 6.92 Å². The van der Waals surface area contributed by atoms with Gasteiger partial charge in [0.2, 0.25) is 35.4 Å². The number of Topliss-reactive ketones (excluding diaryl/α,β-unsaturated/α-hetero) is 1. The van der Waals surface area contributed by atoms with Crippen molar-refractivity contribution in [2.45, 2.75) is 123 Å². The number of carbonyl (C=O) groups excluding carboxylic acids is 8. The number of ether oxygens (including phenoxy) is 6. The summed E-state index contributed by atoms with van der Waals surface area (Å²) in [6.07, 6.45) is 5.26. The molecular formula is C47H83N11O16. The molecule has 8 amide bonds. The second kappa shape index (κ2) is 41.5. The molecule has 0 bridgehead atoms. The van der Waals surface area contributed by atoms with Crippen molar-refractivity contribution < 1.29 is 76.7 Å². The highest BCUT2D eigenvalue weighted by Gasteiger charge is 2.32. The van der Waals surface area contributed by atoms with Crippen LogP contribution in [0.15, 0.2) is 12.4 Å². The Kier molecular flexibility index (Phi) is 37.1. The molecule has 27 nitrogen and oxygen atoms in total. The fourth-order valence-electron chi connectivity index (χ4n) is 6.68. The van der Waals surface area contributed by atoms with Crippen LogP contribution in [0.5, 0.6) is 0 Å². The van der Waals surface area contributed by atoms with Gasteiger partial charge in [-0.2, -0.15) is 0 Å². The van der Waals surface area contributed by atoms with Crippen LogP contribution in [0.2, 0.25) is 0 Å². The zero-order chi connectivity index (χ0) is 54.9. The molecule has 1 heterocycles. The van der Waals surface area contributed by atoms with Crippen LogP contribution in [0.25, 0.3) is 0 Å². The quantitative estimate of drug-likeness (QED) is 0.0343. The third-order valence-corrected chi connectivity index (χ3v) is 10.6. The Labute approximate surface area is 433 Å². The number of urea groups is 1. The number of carboxylic acids is 1. The molecule has 74 heavy (non-hydrogen) atoms. The molecule has 1 aromatic rings. The summed E-state index contributed by atoms with van der Waals surface area (Å²) in [4.78, 5) is 111. The van der Waals surface area contributed by atoms with Crippen LogP contribution in [0, 0.1) is 11.8 Å². The van der Waals surface area contributed by atoms with E-state index in [1.54, 1.807) is 44.8 Å². The van der Waals surface area contributed by atoms with Gasteiger partial charge in [-0.25, -0.2) is 4.79 Å². The van der Waals surface area contributed by atoms with Crippen LogP contribution in [-0.2, 0) is 73.3 Å². The molecule has 0 saturated heterocycles. The predicted molar refractivity (Wildman–Crippen MR) is 266 cm³/mol. The lowest BCUT2D eigenvalue weighted by atomic mass is 9.96. The molecule has 4 unspecified atom stereocenters. The number of nitrogens with zero attached hydrogens (tertiary/aromatic N) is 3. The van der Waals surface area contributed by atoms with E-state index >= 15 is 0 Å². The monoisotopic (exact) mass is 1060 g/mol. The highest BCUT2D eigenvalue weighted by molar-refractivity contribution is 5.95. The van der Waals surface area contributed by atoms with Gasteiger partial charge in [0, 0.05) is 64.5 Å². The minimum absolute atomic E-state index is 0.0188. The molecule has 0 radical (unpaired) electrons. The molecule has 0 aromatic carbocycles. The number of aromatic nitrogens is 3. The van der Waals surface area contributed by atoms with Gasteiger partial charge in [-0.3, -0.25) is 43.0 Å². The van der Waals surface area contributed by atoms with Crippen LogP contribution in [0.3, 0.4) is 0 Å². The SMILES string of the molecule is CC(=O)NC(CCCCn1ccnn1)C(=O)NCCOCCOCCOCCC(=O)NCCOCCOCCOCCC(=O)NC(CCC(=O)O)C(=O)NC(C(=O)NC(CCCNC(N)=O)C(=O)C(C)C)C(C)C. The highest BCUT2D eigenvalue weighted by Crippen LogP contribution is 2.11. The fourth-order valence-corrected chi connectivity index (χ4v) is 6.68. The van der Waals surface area contributed by atoms with Crippen molar-refractivity contribution >= 4 is 53.2 Å². The largest absolute Gasteiger partial charge is 0.481 e. The van der Waals surface area contributed by atoms with E-state index in [2.05, 4.69) is 47.5 Å². The zero-order valence-electron chi connectivity index (χ0n) is 43.8. The van der Waals surface area contributed by atoms with Crippen LogP contribution in [0.1, 0.15) is 92.4 Å². The van der Waals surface area contributed by atoms with Crippen molar-refractivity contribution in [3.05, 3.63) is 12.4 Å². The number of carboxylic acid groups (broad SMARTS) is 1. The molecule has 0 saturated carbocycles. The van der Waals surface area contributed by atoms with Crippen molar-refractivity contribution in [2.24, 2.45) is 17.6 Å². The van der Waals surface area contributed by atoms with Gasteiger partial charge < -0.3 is 76.5 Å². The first kappa shape index (κ1) is 66.1. The van der Waals surface area contributed by atoms with E-state index in [0.717, 1.165) is 12.8 Å². The molecule has 0 aliphatic carbocycles. The number of hydrogen-bond donors (Lipinski definition) is 9. The van der Waals surface area contributed by atoms with Crippen LogP contribution >= 0.6 is 0 Å². The Morgan fingerprint density at radius 3 is 1.62 bits per heavy atom. The molecule has 10 N–H and O–H groups in total. The summed E-state index contributed by atoms with van der Waals surface area (Å²) in [6, 6.07) is -4.65. The third kappa shape index (κ3) is 34.5. The molecule has 0 spiro atoms. The first-order valence-electron chi connectivity index (χ1n) is 25.2. The minimum Gasteiger partial charge on any atom is -0.481 e. The highest BCUT2D eigenvalue weighted by atomic mass is 16.5. The maximum Gasteiger partial charge on any atom is 0.312 e. The number of amides is 8. The number of primary amides is 1. The number of nitrogens with two attached hydrogens (primary N) is 1. The number of carbonyl (C=O) groups is 9. The van der Waals surface area contributed by atoms with E-state index in [-0.39, 0.29) is 115 Å². The number of rotatable bonds is 46. The summed E-state index contributed by atoms with van der Waals surface area (Å²) in [5.41, 5.74) is 5.10. The minimum atomic E-state index is -1.28. The molecule has 27 heteroatoms. The maximum absolute atomic E-state index is 13.4. The van der Waals surface area contributed by atoms with Crippen LogP contribution in [0.4, 0.5) is 4.79 Å². The predicted octanol–water partition coefficient (Wildman–Crippen LogP) is -1.29. The van der Waals surface area contributed by atoms with Gasteiger partial charge in [0.25, 0.3) is 0 Å². The van der Waals surface area contributed by atoms with Gasteiger partial charge in [0.1, 0.15) is 18.1 Å². The van der Waals surface area contributed by atoms with E-state index in [9.17, 15) is 48.3 Å². The van der Waals surface area contributed by atoms with Gasteiger partial charge in [-0.05, 0) is 44.4 Å². The van der Waals surface area contributed by atoms with Crippen molar-refractivity contribution in [2.75, 3.05) is 98.9 Å². The van der Waals surface area contributed by atoms with Gasteiger partial charge in [0.15, 0.2) is 5.78 Å². The van der Waals surface area contributed by atoms with Gasteiger partial charge in [0.05, 0.1) is 91.5 Å². The van der Waals surface area contributed by atoms with Gasteiger partial charge >= 0.3 is 12.0 Å². The first-order chi connectivity index (χ1) is 35.4. The Hall–Kier alpha value is -5.87. The lowest BCUT2D eigenvalue weighted by molar-refractivity contribution is -0.138. The summed E-state index contributed by atoms with van der Waals surface area (Å²) < 4.78 is 34.5. The molecule has 1 rings (SSSR count). The number of nitrogens with one attached hydrogen (secondary N) is 7. The fraction of sp³-hybridized carbons (Fsp3) is 0.766. The lowest BCUT2D eigenvalue weighted by Crippen LogP contribution is -2.57. The number of hydrogen-bond acceptors (Lipinski definition) is 17. The Morgan fingerprint density at radius 2 is 1.09 bits per heavy atom. The first-order valence-corrected chi connectivity index (χ1v) is 25.2. The molecule has 1 aromatic heterocycles. The van der Waals surface area contributed by atoms with E-state index in [4.69, 9.17) is 34.2 Å². The van der Waals surface area contributed by atoms with Crippen molar-refractivity contribution in [1.29, 1.82) is 0 Å². The Balaban J connectivity index is 2.16. The molecular weight excluding hydrogens is 975 g/mol. The van der Waals surface area contributed by atoms with E-state index in [1.807, 2.05) is 0 Å². The van der Waals surface area contributed by atoms with Crippen molar-refractivity contribution in [3.8, 4) is 0 Å². The normalized spacial score (nSPS) is 12.8. The average Bonchev–Trinajstić information content (AvgIpc) is 3.87. The number of aryl methyl sites for hydroxylation is 1. The number of ketones is 1. The summed E-state index contributed by atoms with van der Waals surface area (Å²) in [6.45, 7) is 12.4. The van der Waals surface area contributed by atoms with E-state index in [0.29, 0.717) is 52.4 Å². The molecule has 4 atom stereocenters. The number of unbranched alkanes of at least 4 members (excludes halogenated alkanes) is 1. The maximum atomic E-state index is 13.4. The van der Waals surface area contributed by atoms with Crippen LogP contribution in [-0.4, -0.2) is 196 Å². The zero-order valence-corrected chi connectivity index (χ0v) is 43.8.